The van der Waals surface area contributed by atoms with E-state index in [1.807, 2.05) is 66.7 Å². The molecule has 7 aromatic rings. The first-order valence-corrected chi connectivity index (χ1v) is 13.4. The van der Waals surface area contributed by atoms with Gasteiger partial charge in [0.2, 0.25) is 5.69 Å². The SMILES string of the molecule is Nc1c(C(=O)c2c([O-])on[n+]2-c2ccccc2)sc2nc(-c3cccc4ccccc34)cc(-c3ccccc3)c12. The molecule has 0 saturated carbocycles. The summed E-state index contributed by atoms with van der Waals surface area (Å²) in [4.78, 5) is 19.7. The zero-order valence-electron chi connectivity index (χ0n) is 20.9. The first kappa shape index (κ1) is 23.8. The van der Waals surface area contributed by atoms with Gasteiger partial charge in [-0.25, -0.2) is 4.98 Å². The van der Waals surface area contributed by atoms with Crippen molar-refractivity contribution >= 4 is 43.8 Å². The number of thiophene rings is 1. The lowest BCUT2D eigenvalue weighted by Gasteiger charge is -2.11. The van der Waals surface area contributed by atoms with Crippen molar-refractivity contribution in [1.29, 1.82) is 0 Å². The summed E-state index contributed by atoms with van der Waals surface area (Å²) in [5, 5.41) is 19.3. The van der Waals surface area contributed by atoms with E-state index in [2.05, 4.69) is 23.5 Å². The van der Waals surface area contributed by atoms with Crippen molar-refractivity contribution < 1.29 is 19.1 Å². The van der Waals surface area contributed by atoms with Crippen LogP contribution in [0.4, 0.5) is 5.69 Å². The Morgan fingerprint density at radius 2 is 1.55 bits per heavy atom. The van der Waals surface area contributed by atoms with E-state index < -0.39 is 11.7 Å². The number of pyridine rings is 1. The van der Waals surface area contributed by atoms with Crippen LogP contribution < -0.4 is 15.5 Å². The summed E-state index contributed by atoms with van der Waals surface area (Å²) in [6.45, 7) is 0. The van der Waals surface area contributed by atoms with Crippen LogP contribution in [-0.4, -0.2) is 16.0 Å². The molecule has 0 aliphatic rings. The van der Waals surface area contributed by atoms with Crippen LogP contribution in [0.3, 0.4) is 0 Å². The van der Waals surface area contributed by atoms with Gasteiger partial charge in [0.15, 0.2) is 5.95 Å². The molecular weight excluding hydrogens is 520 g/mol. The predicted octanol–water partition coefficient (Wildman–Crippen LogP) is 5.94. The molecule has 3 heterocycles. The highest BCUT2D eigenvalue weighted by molar-refractivity contribution is 7.21. The van der Waals surface area contributed by atoms with Crippen LogP contribution in [0.2, 0.25) is 0 Å². The second-order valence-corrected chi connectivity index (χ2v) is 10.3. The third-order valence-electron chi connectivity index (χ3n) is 6.88. The number of para-hydroxylation sites is 1. The van der Waals surface area contributed by atoms with Gasteiger partial charge in [-0.1, -0.05) is 91.0 Å². The Bertz CT molecular complexity index is 2040. The van der Waals surface area contributed by atoms with Crippen molar-refractivity contribution in [2.45, 2.75) is 0 Å². The zero-order chi connectivity index (χ0) is 27.2. The average Bonchev–Trinajstić information content (AvgIpc) is 3.56. The van der Waals surface area contributed by atoms with Crippen LogP contribution in [0, 0.1) is 0 Å². The van der Waals surface area contributed by atoms with E-state index in [0.29, 0.717) is 15.9 Å². The summed E-state index contributed by atoms with van der Waals surface area (Å²) in [5.74, 6) is -1.40. The summed E-state index contributed by atoms with van der Waals surface area (Å²) in [6.07, 6.45) is 0. The van der Waals surface area contributed by atoms with Gasteiger partial charge < -0.3 is 15.4 Å². The number of benzene rings is 4. The highest BCUT2D eigenvalue weighted by Crippen LogP contribution is 2.43. The lowest BCUT2D eigenvalue weighted by atomic mass is 9.97. The number of anilines is 1. The quantitative estimate of drug-likeness (QED) is 0.214. The molecule has 0 bridgehead atoms. The van der Waals surface area contributed by atoms with Crippen LogP contribution in [0.15, 0.2) is 114 Å². The normalized spacial score (nSPS) is 11.3. The molecule has 2 N–H and O–H groups in total. The van der Waals surface area contributed by atoms with E-state index in [9.17, 15) is 9.90 Å². The third kappa shape index (κ3) is 3.81. The highest BCUT2D eigenvalue weighted by Gasteiger charge is 2.32. The van der Waals surface area contributed by atoms with E-state index >= 15 is 0 Å². The minimum atomic E-state index is -0.835. The molecule has 0 aliphatic carbocycles. The fourth-order valence-corrected chi connectivity index (χ4v) is 6.07. The molecule has 0 atom stereocenters. The Labute approximate surface area is 232 Å². The average molecular weight is 541 g/mol. The van der Waals surface area contributed by atoms with Crippen LogP contribution >= 0.6 is 11.3 Å². The lowest BCUT2D eigenvalue weighted by molar-refractivity contribution is -0.672. The number of aromatic nitrogens is 3. The fraction of sp³-hybridized carbons (Fsp3) is 0. The number of hydrogen-bond acceptors (Lipinski definition) is 7. The topological polar surface area (TPSA) is 109 Å². The van der Waals surface area contributed by atoms with Gasteiger partial charge in [0.25, 0.3) is 5.78 Å². The van der Waals surface area contributed by atoms with Crippen LogP contribution in [-0.2, 0) is 0 Å². The summed E-state index contributed by atoms with van der Waals surface area (Å²) in [7, 11) is 0. The monoisotopic (exact) mass is 540 g/mol. The highest BCUT2D eigenvalue weighted by atomic mass is 32.1. The van der Waals surface area contributed by atoms with Crippen molar-refractivity contribution in [1.82, 2.24) is 10.3 Å². The number of carbonyl (C=O) groups is 1. The first-order chi connectivity index (χ1) is 19.6. The fourth-order valence-electron chi connectivity index (χ4n) is 5.01. The number of ketones is 1. The minimum Gasteiger partial charge on any atom is -0.539 e. The summed E-state index contributed by atoms with van der Waals surface area (Å²) in [6, 6.07) is 35.0. The maximum absolute atomic E-state index is 13.9. The molecule has 0 aliphatic heterocycles. The van der Waals surface area contributed by atoms with Gasteiger partial charge in [0.1, 0.15) is 9.71 Å². The molecule has 7 rings (SSSR count). The summed E-state index contributed by atoms with van der Waals surface area (Å²) < 4.78 is 6.11. The third-order valence-corrected chi connectivity index (χ3v) is 7.98. The Hall–Kier alpha value is -5.34. The first-order valence-electron chi connectivity index (χ1n) is 12.6. The van der Waals surface area contributed by atoms with Gasteiger partial charge in [-0.3, -0.25) is 4.79 Å². The zero-order valence-corrected chi connectivity index (χ0v) is 21.8. The molecule has 4 aromatic carbocycles. The largest absolute Gasteiger partial charge is 0.539 e. The van der Waals surface area contributed by atoms with Crippen molar-refractivity contribution in [2.75, 3.05) is 5.73 Å². The number of rotatable bonds is 5. The maximum atomic E-state index is 13.9. The maximum Gasteiger partial charge on any atom is 0.312 e. The number of hydrogen-bond donors (Lipinski definition) is 1. The van der Waals surface area contributed by atoms with E-state index in [0.717, 1.165) is 44.5 Å². The molecule has 192 valence electrons. The van der Waals surface area contributed by atoms with Crippen molar-refractivity contribution in [3.8, 4) is 34.0 Å². The van der Waals surface area contributed by atoms with Gasteiger partial charge in [-0.2, -0.15) is 0 Å². The van der Waals surface area contributed by atoms with Crippen molar-refractivity contribution in [2.24, 2.45) is 0 Å². The molecule has 8 heteroatoms. The van der Waals surface area contributed by atoms with Gasteiger partial charge >= 0.3 is 5.69 Å². The summed E-state index contributed by atoms with van der Waals surface area (Å²) >= 11 is 1.16. The van der Waals surface area contributed by atoms with E-state index in [1.165, 1.54) is 4.68 Å². The van der Waals surface area contributed by atoms with E-state index in [-0.39, 0.29) is 16.3 Å². The standard InChI is InChI=1S/C32H20N4O3S/c33-27-26-24(20-10-3-1-4-11-20)18-25(23-17-9-13-19-12-7-8-16-22(19)23)34-31(26)40-30(27)29(37)28-32(38)39-35-36(28)21-14-5-2-6-15-21/h1-18H,(H2-,33,35,37,38). The molecule has 0 unspecified atom stereocenters. The van der Waals surface area contributed by atoms with Crippen LogP contribution in [0.25, 0.3) is 49.1 Å². The second kappa shape index (κ2) is 9.44. The van der Waals surface area contributed by atoms with Crippen LogP contribution in [0.1, 0.15) is 15.4 Å². The van der Waals surface area contributed by atoms with E-state index in [4.69, 9.17) is 15.2 Å². The van der Waals surface area contributed by atoms with Crippen LogP contribution in [0.5, 0.6) is 5.95 Å². The minimum absolute atomic E-state index is 0.208. The molecular formula is C32H20N4O3S. The molecule has 0 amide bonds. The lowest BCUT2D eigenvalue weighted by Crippen LogP contribution is -2.39. The molecule has 3 aromatic heterocycles. The molecule has 0 fully saturated rings. The number of nitrogens with zero attached hydrogens (tertiary/aromatic N) is 3. The Morgan fingerprint density at radius 1 is 0.850 bits per heavy atom. The van der Waals surface area contributed by atoms with E-state index in [1.54, 1.807) is 24.3 Å². The Kier molecular flexibility index (Phi) is 5.61. The van der Waals surface area contributed by atoms with Crippen molar-refractivity contribution in [3.63, 3.8) is 0 Å². The molecule has 0 radical (unpaired) electrons. The number of carbonyl (C=O) groups excluding carboxylic acids is 1. The molecule has 0 saturated heterocycles. The van der Waals surface area contributed by atoms with Gasteiger partial charge in [0, 0.05) is 23.1 Å². The second-order valence-electron chi connectivity index (χ2n) is 9.26. The number of fused-ring (bicyclic) bond motifs is 2. The summed E-state index contributed by atoms with van der Waals surface area (Å²) in [5.41, 5.74) is 10.8. The smallest absolute Gasteiger partial charge is 0.312 e. The Morgan fingerprint density at radius 3 is 2.35 bits per heavy atom. The number of nitrogen functional groups attached to an aromatic ring is 1. The molecule has 40 heavy (non-hydrogen) atoms. The molecule has 7 nitrogen and oxygen atoms in total. The number of nitrogens with two attached hydrogens (primary N) is 1. The Balaban J connectivity index is 1.47. The predicted molar refractivity (Wildman–Crippen MR) is 153 cm³/mol. The van der Waals surface area contributed by atoms with Gasteiger partial charge in [-0.05, 0) is 32.6 Å². The molecule has 0 spiro atoms. The van der Waals surface area contributed by atoms with Crippen molar-refractivity contribution in [3.05, 3.63) is 120 Å². The van der Waals surface area contributed by atoms with Gasteiger partial charge in [-0.15, -0.1) is 11.3 Å². The van der Waals surface area contributed by atoms with Gasteiger partial charge in [0.05, 0.1) is 16.7 Å².